The molecule has 1 amide bonds. The van der Waals surface area contributed by atoms with Gasteiger partial charge in [0, 0.05) is 23.9 Å². The van der Waals surface area contributed by atoms with Gasteiger partial charge in [-0.15, -0.1) is 0 Å². The Balaban J connectivity index is 1.85. The summed E-state index contributed by atoms with van der Waals surface area (Å²) in [5.74, 6) is -0.986. The second-order valence-electron chi connectivity index (χ2n) is 6.26. The molecule has 0 saturated carbocycles. The van der Waals surface area contributed by atoms with Crippen LogP contribution in [0.2, 0.25) is 0 Å². The van der Waals surface area contributed by atoms with Crippen molar-refractivity contribution in [1.29, 1.82) is 0 Å². The Labute approximate surface area is 160 Å². The number of carbonyl (C=O) groups is 1. The van der Waals surface area contributed by atoms with Gasteiger partial charge in [0.15, 0.2) is 0 Å². The molecule has 7 heteroatoms. The Bertz CT molecular complexity index is 1050. The maximum atomic E-state index is 13.6. The van der Waals surface area contributed by atoms with E-state index < -0.39 is 11.7 Å². The first-order valence-corrected chi connectivity index (χ1v) is 8.84. The molecule has 28 heavy (non-hydrogen) atoms. The summed E-state index contributed by atoms with van der Waals surface area (Å²) in [6.45, 7) is 1.80. The molecule has 144 valence electrons. The lowest BCUT2D eigenvalue weighted by molar-refractivity contribution is -0.121. The minimum absolute atomic E-state index is 0.198. The first-order chi connectivity index (χ1) is 13.5. The number of nitrogens with one attached hydrogen (secondary N) is 1. The van der Waals surface area contributed by atoms with Crippen molar-refractivity contribution in [3.8, 4) is 11.4 Å². The molecule has 0 aliphatic carbocycles. The quantitative estimate of drug-likeness (QED) is 0.712. The zero-order valence-electron chi connectivity index (χ0n) is 15.3. The molecule has 3 rings (SSSR count). The number of rotatable bonds is 6. The molecule has 3 aromatic rings. The van der Waals surface area contributed by atoms with Crippen molar-refractivity contribution < 1.29 is 13.6 Å². The van der Waals surface area contributed by atoms with Crippen LogP contribution in [0.15, 0.2) is 59.4 Å². The van der Waals surface area contributed by atoms with E-state index in [9.17, 15) is 18.4 Å². The maximum absolute atomic E-state index is 13.6. The summed E-state index contributed by atoms with van der Waals surface area (Å²) in [6, 6.07) is 12.8. The molecule has 0 atom stereocenters. The first kappa shape index (κ1) is 19.4. The van der Waals surface area contributed by atoms with Crippen LogP contribution in [-0.2, 0) is 24.3 Å². The minimum atomic E-state index is -0.457. The second-order valence-corrected chi connectivity index (χ2v) is 6.26. The number of benzene rings is 2. The third kappa shape index (κ3) is 4.68. The van der Waals surface area contributed by atoms with Crippen LogP contribution in [0.4, 0.5) is 8.78 Å². The molecular formula is C21H19F2N3O2. The van der Waals surface area contributed by atoms with E-state index in [1.54, 1.807) is 18.2 Å². The van der Waals surface area contributed by atoms with Gasteiger partial charge >= 0.3 is 0 Å². The van der Waals surface area contributed by atoms with Gasteiger partial charge in [0.05, 0.1) is 0 Å². The van der Waals surface area contributed by atoms with Gasteiger partial charge in [-0.1, -0.05) is 31.2 Å². The van der Waals surface area contributed by atoms with E-state index >= 15 is 0 Å². The number of amides is 1. The lowest BCUT2D eigenvalue weighted by atomic mass is 10.2. The number of nitrogens with zero attached hydrogens (tertiary/aromatic N) is 2. The molecule has 0 bridgehead atoms. The molecule has 0 aliphatic heterocycles. The third-order valence-corrected chi connectivity index (χ3v) is 4.21. The van der Waals surface area contributed by atoms with E-state index in [-0.39, 0.29) is 30.3 Å². The molecule has 0 unspecified atom stereocenters. The van der Waals surface area contributed by atoms with Crippen LogP contribution in [0.5, 0.6) is 0 Å². The van der Waals surface area contributed by atoms with Gasteiger partial charge < -0.3 is 5.32 Å². The van der Waals surface area contributed by atoms with Gasteiger partial charge in [0.2, 0.25) is 5.91 Å². The summed E-state index contributed by atoms with van der Waals surface area (Å²) < 4.78 is 27.8. The Hall–Kier alpha value is -3.35. The number of hydrogen-bond acceptors (Lipinski definition) is 3. The zero-order valence-corrected chi connectivity index (χ0v) is 15.3. The molecular weight excluding hydrogens is 364 g/mol. The SMILES string of the molecule is CCc1cc(=O)n(CC(=O)NCc2ccc(F)cc2)c(-c2cccc(F)c2)n1. The Kier molecular flexibility index (Phi) is 5.93. The van der Waals surface area contributed by atoms with Gasteiger partial charge in [0.1, 0.15) is 24.0 Å². The van der Waals surface area contributed by atoms with E-state index in [1.807, 2.05) is 6.92 Å². The second kappa shape index (κ2) is 8.56. The largest absolute Gasteiger partial charge is 0.350 e. The Morgan fingerprint density at radius 3 is 2.50 bits per heavy atom. The highest BCUT2D eigenvalue weighted by Crippen LogP contribution is 2.17. The van der Waals surface area contributed by atoms with E-state index in [2.05, 4.69) is 10.3 Å². The topological polar surface area (TPSA) is 64.0 Å². The smallest absolute Gasteiger partial charge is 0.254 e. The fraction of sp³-hybridized carbons (Fsp3) is 0.190. The van der Waals surface area contributed by atoms with Crippen molar-refractivity contribution in [2.45, 2.75) is 26.4 Å². The fourth-order valence-corrected chi connectivity index (χ4v) is 2.74. The standard InChI is InChI=1S/C21H19F2N3O2/c1-2-18-11-20(28)26(21(25-18)15-4-3-5-17(23)10-15)13-19(27)24-12-14-6-8-16(22)9-7-14/h3-11H,2,12-13H2,1H3,(H,24,27). The van der Waals surface area contributed by atoms with Crippen LogP contribution in [0.1, 0.15) is 18.2 Å². The van der Waals surface area contributed by atoms with Crippen molar-refractivity contribution in [2.24, 2.45) is 0 Å². The fourth-order valence-electron chi connectivity index (χ4n) is 2.74. The number of hydrogen-bond donors (Lipinski definition) is 1. The lowest BCUT2D eigenvalue weighted by Crippen LogP contribution is -2.33. The predicted molar refractivity (Wildman–Crippen MR) is 102 cm³/mol. The predicted octanol–water partition coefficient (Wildman–Crippen LogP) is 3.07. The third-order valence-electron chi connectivity index (χ3n) is 4.21. The highest BCUT2D eigenvalue weighted by molar-refractivity contribution is 5.76. The van der Waals surface area contributed by atoms with Gasteiger partial charge in [-0.25, -0.2) is 13.8 Å². The number of carbonyl (C=O) groups excluding carboxylic acids is 1. The highest BCUT2D eigenvalue weighted by atomic mass is 19.1. The molecule has 1 heterocycles. The van der Waals surface area contributed by atoms with Crippen LogP contribution < -0.4 is 10.9 Å². The minimum Gasteiger partial charge on any atom is -0.350 e. The number of aryl methyl sites for hydroxylation is 1. The molecule has 0 radical (unpaired) electrons. The van der Waals surface area contributed by atoms with E-state index in [1.165, 1.54) is 41.0 Å². The average Bonchev–Trinajstić information content (AvgIpc) is 2.69. The van der Waals surface area contributed by atoms with Crippen molar-refractivity contribution in [3.05, 3.63) is 87.8 Å². The molecule has 0 aliphatic rings. The van der Waals surface area contributed by atoms with E-state index in [0.717, 1.165) is 5.56 Å². The number of aromatic nitrogens is 2. The van der Waals surface area contributed by atoms with Crippen LogP contribution in [0.25, 0.3) is 11.4 Å². The summed E-state index contributed by atoms with van der Waals surface area (Å²) >= 11 is 0. The summed E-state index contributed by atoms with van der Waals surface area (Å²) in [4.78, 5) is 29.3. The van der Waals surface area contributed by atoms with Crippen molar-refractivity contribution in [2.75, 3.05) is 0 Å². The van der Waals surface area contributed by atoms with Crippen LogP contribution in [0, 0.1) is 11.6 Å². The van der Waals surface area contributed by atoms with Crippen LogP contribution in [-0.4, -0.2) is 15.5 Å². The number of halogens is 2. The first-order valence-electron chi connectivity index (χ1n) is 8.84. The molecule has 2 aromatic carbocycles. The summed E-state index contributed by atoms with van der Waals surface area (Å²) in [5.41, 5.74) is 1.32. The summed E-state index contributed by atoms with van der Waals surface area (Å²) in [5, 5.41) is 2.69. The zero-order chi connectivity index (χ0) is 20.1. The average molecular weight is 383 g/mol. The molecule has 0 saturated heterocycles. The normalized spacial score (nSPS) is 10.7. The highest BCUT2D eigenvalue weighted by Gasteiger charge is 2.14. The van der Waals surface area contributed by atoms with Crippen LogP contribution >= 0.6 is 0 Å². The van der Waals surface area contributed by atoms with Crippen LogP contribution in [0.3, 0.4) is 0 Å². The van der Waals surface area contributed by atoms with E-state index in [4.69, 9.17) is 0 Å². The molecule has 5 nitrogen and oxygen atoms in total. The lowest BCUT2D eigenvalue weighted by Gasteiger charge is -2.14. The van der Waals surface area contributed by atoms with Crippen molar-refractivity contribution in [1.82, 2.24) is 14.9 Å². The molecule has 0 spiro atoms. The van der Waals surface area contributed by atoms with Gasteiger partial charge in [0.25, 0.3) is 5.56 Å². The van der Waals surface area contributed by atoms with Gasteiger partial charge in [-0.3, -0.25) is 14.2 Å². The molecule has 1 aromatic heterocycles. The Morgan fingerprint density at radius 2 is 1.82 bits per heavy atom. The molecule has 1 N–H and O–H groups in total. The van der Waals surface area contributed by atoms with Crippen molar-refractivity contribution in [3.63, 3.8) is 0 Å². The summed E-state index contributed by atoms with van der Waals surface area (Å²) in [6.07, 6.45) is 0.537. The monoisotopic (exact) mass is 383 g/mol. The van der Waals surface area contributed by atoms with Crippen molar-refractivity contribution >= 4 is 5.91 Å². The van der Waals surface area contributed by atoms with E-state index in [0.29, 0.717) is 17.7 Å². The maximum Gasteiger partial charge on any atom is 0.254 e. The van der Waals surface area contributed by atoms with Gasteiger partial charge in [-0.2, -0.15) is 0 Å². The van der Waals surface area contributed by atoms with Gasteiger partial charge in [-0.05, 0) is 36.2 Å². The molecule has 0 fully saturated rings. The Morgan fingerprint density at radius 1 is 1.07 bits per heavy atom. The summed E-state index contributed by atoms with van der Waals surface area (Å²) in [7, 11) is 0.